The minimum absolute atomic E-state index is 0.0671. The van der Waals surface area contributed by atoms with E-state index >= 15 is 0 Å². The van der Waals surface area contributed by atoms with Crippen LogP contribution >= 0.6 is 0 Å². The third-order valence-corrected chi connectivity index (χ3v) is 6.07. The summed E-state index contributed by atoms with van der Waals surface area (Å²) in [5.41, 5.74) is 4.57. The Labute approximate surface area is 203 Å². The maximum Gasteiger partial charge on any atom is 0.412 e. The molecule has 0 fully saturated rings. The van der Waals surface area contributed by atoms with Crippen molar-refractivity contribution < 1.29 is 24.2 Å². The minimum atomic E-state index is -0.998. The number of nitrogens with one attached hydrogen (secondary N) is 2. The summed E-state index contributed by atoms with van der Waals surface area (Å²) in [6.07, 6.45) is -0.871. The third-order valence-electron chi connectivity index (χ3n) is 6.07. The topological polar surface area (TPSA) is 118 Å². The van der Waals surface area contributed by atoms with Crippen LogP contribution in [0.15, 0.2) is 66.7 Å². The van der Waals surface area contributed by atoms with Crippen molar-refractivity contribution in [3.8, 4) is 11.1 Å². The molecule has 0 saturated heterocycles. The quantitative estimate of drug-likeness (QED) is 0.438. The highest BCUT2D eigenvalue weighted by atomic mass is 16.5. The first kappa shape index (κ1) is 23.9. The molecule has 0 saturated carbocycles. The van der Waals surface area contributed by atoms with E-state index in [-0.39, 0.29) is 36.4 Å². The number of hydrogen-bond acceptors (Lipinski definition) is 5. The van der Waals surface area contributed by atoms with E-state index in [9.17, 15) is 14.4 Å². The molecule has 1 heterocycles. The van der Waals surface area contributed by atoms with Crippen molar-refractivity contribution in [3.63, 3.8) is 0 Å². The second-order valence-electron chi connectivity index (χ2n) is 8.78. The molecule has 3 aromatic rings. The Morgan fingerprint density at radius 1 is 0.943 bits per heavy atom. The van der Waals surface area contributed by atoms with Crippen molar-refractivity contribution in [1.29, 1.82) is 0 Å². The SMILES string of the molecule is CC(C)C(CC(=O)O)NC(=O)c1cccc(NC(=O)OCC2c3ccccc3-c3ccccc32)n1. The molecule has 1 unspecified atom stereocenters. The number of hydrogen-bond donors (Lipinski definition) is 3. The molecule has 0 bridgehead atoms. The first-order valence-electron chi connectivity index (χ1n) is 11.4. The number of benzene rings is 2. The summed E-state index contributed by atoms with van der Waals surface area (Å²) in [5, 5.41) is 14.3. The van der Waals surface area contributed by atoms with Gasteiger partial charge in [-0.1, -0.05) is 68.4 Å². The van der Waals surface area contributed by atoms with Gasteiger partial charge in [-0.15, -0.1) is 0 Å². The van der Waals surface area contributed by atoms with Gasteiger partial charge in [0.15, 0.2) is 0 Å². The number of anilines is 1. The zero-order valence-electron chi connectivity index (χ0n) is 19.5. The number of nitrogens with zero attached hydrogens (tertiary/aromatic N) is 1. The summed E-state index contributed by atoms with van der Waals surface area (Å²) in [7, 11) is 0. The zero-order chi connectivity index (χ0) is 24.9. The first-order chi connectivity index (χ1) is 16.8. The highest BCUT2D eigenvalue weighted by Crippen LogP contribution is 2.44. The Bertz CT molecular complexity index is 1210. The van der Waals surface area contributed by atoms with Gasteiger partial charge in [-0.3, -0.25) is 14.9 Å². The average molecular weight is 474 g/mol. The van der Waals surface area contributed by atoms with E-state index in [1.807, 2.05) is 50.2 Å². The van der Waals surface area contributed by atoms with E-state index in [1.165, 1.54) is 6.07 Å². The van der Waals surface area contributed by atoms with Crippen LogP contribution in [0.2, 0.25) is 0 Å². The molecule has 0 radical (unpaired) electrons. The molecule has 1 atom stereocenters. The molecule has 2 amide bonds. The number of pyridine rings is 1. The van der Waals surface area contributed by atoms with Crippen LogP contribution in [0.1, 0.15) is 47.8 Å². The molecule has 1 aliphatic carbocycles. The maximum absolute atomic E-state index is 12.6. The molecule has 0 spiro atoms. The standard InChI is InChI=1S/C27H27N3O5/c1-16(2)23(14-25(31)32)29-26(33)22-12-7-13-24(28-22)30-27(34)35-15-21-19-10-5-3-8-17(19)18-9-4-6-11-20(18)21/h3-13,16,21,23H,14-15H2,1-2H3,(H,29,33)(H,31,32)(H,28,30,34). The van der Waals surface area contributed by atoms with E-state index in [2.05, 4.69) is 27.8 Å². The van der Waals surface area contributed by atoms with Crippen molar-refractivity contribution in [1.82, 2.24) is 10.3 Å². The second kappa shape index (κ2) is 10.4. The highest BCUT2D eigenvalue weighted by Gasteiger charge is 2.29. The number of carbonyl (C=O) groups excluding carboxylic acids is 2. The van der Waals surface area contributed by atoms with Crippen molar-refractivity contribution >= 4 is 23.8 Å². The van der Waals surface area contributed by atoms with Crippen molar-refractivity contribution in [2.24, 2.45) is 5.92 Å². The Morgan fingerprint density at radius 2 is 1.57 bits per heavy atom. The van der Waals surface area contributed by atoms with Gasteiger partial charge in [-0.05, 0) is 40.3 Å². The summed E-state index contributed by atoms with van der Waals surface area (Å²) in [4.78, 5) is 40.4. The molecular weight excluding hydrogens is 446 g/mol. The lowest BCUT2D eigenvalue weighted by molar-refractivity contribution is -0.137. The van der Waals surface area contributed by atoms with Crippen LogP contribution in [-0.2, 0) is 9.53 Å². The van der Waals surface area contributed by atoms with Gasteiger partial charge in [-0.25, -0.2) is 9.78 Å². The zero-order valence-corrected chi connectivity index (χ0v) is 19.5. The smallest absolute Gasteiger partial charge is 0.412 e. The highest BCUT2D eigenvalue weighted by molar-refractivity contribution is 5.93. The maximum atomic E-state index is 12.6. The predicted octanol–water partition coefficient (Wildman–Crippen LogP) is 4.67. The second-order valence-corrected chi connectivity index (χ2v) is 8.78. The Balaban J connectivity index is 1.39. The molecule has 2 aromatic carbocycles. The van der Waals surface area contributed by atoms with Gasteiger partial charge >= 0.3 is 12.1 Å². The van der Waals surface area contributed by atoms with E-state index in [0.29, 0.717) is 0 Å². The van der Waals surface area contributed by atoms with Gasteiger partial charge in [-0.2, -0.15) is 0 Å². The minimum Gasteiger partial charge on any atom is -0.481 e. The number of aliphatic carboxylic acids is 1. The molecule has 1 aliphatic rings. The Hall–Kier alpha value is -4.20. The Morgan fingerprint density at radius 3 is 2.17 bits per heavy atom. The third kappa shape index (κ3) is 5.48. The molecule has 8 nitrogen and oxygen atoms in total. The van der Waals surface area contributed by atoms with Crippen LogP contribution in [0.5, 0.6) is 0 Å². The summed E-state index contributed by atoms with van der Waals surface area (Å²) in [6.45, 7) is 3.82. The monoisotopic (exact) mass is 473 g/mol. The van der Waals surface area contributed by atoms with Crippen LogP contribution in [0.4, 0.5) is 10.6 Å². The largest absolute Gasteiger partial charge is 0.481 e. The van der Waals surface area contributed by atoms with E-state index in [4.69, 9.17) is 9.84 Å². The number of amides is 2. The van der Waals surface area contributed by atoms with E-state index in [0.717, 1.165) is 22.3 Å². The molecular formula is C27H27N3O5. The number of fused-ring (bicyclic) bond motifs is 3. The lowest BCUT2D eigenvalue weighted by Crippen LogP contribution is -2.40. The van der Waals surface area contributed by atoms with Crippen LogP contribution in [0, 0.1) is 5.92 Å². The van der Waals surface area contributed by atoms with Crippen LogP contribution in [0.25, 0.3) is 11.1 Å². The number of aromatic nitrogens is 1. The molecule has 1 aromatic heterocycles. The van der Waals surface area contributed by atoms with Crippen LogP contribution < -0.4 is 10.6 Å². The number of ether oxygens (including phenoxy) is 1. The number of rotatable bonds is 8. The van der Waals surface area contributed by atoms with Gasteiger partial charge in [0.05, 0.1) is 6.42 Å². The normalized spacial score (nSPS) is 13.0. The van der Waals surface area contributed by atoms with E-state index < -0.39 is 24.0 Å². The van der Waals surface area contributed by atoms with Crippen molar-refractivity contribution in [2.45, 2.75) is 32.2 Å². The number of carbonyl (C=O) groups is 3. The molecule has 4 rings (SSSR count). The fraction of sp³-hybridized carbons (Fsp3) is 0.259. The molecule has 180 valence electrons. The van der Waals surface area contributed by atoms with Crippen LogP contribution in [0.3, 0.4) is 0 Å². The summed E-state index contributed by atoms with van der Waals surface area (Å²) < 4.78 is 5.53. The Kier molecular flexibility index (Phi) is 7.10. The summed E-state index contributed by atoms with van der Waals surface area (Å²) in [5.74, 6) is -1.49. The van der Waals surface area contributed by atoms with Crippen molar-refractivity contribution in [3.05, 3.63) is 83.6 Å². The van der Waals surface area contributed by atoms with Gasteiger partial charge in [0.1, 0.15) is 18.1 Å². The molecule has 8 heteroatoms. The van der Waals surface area contributed by atoms with E-state index in [1.54, 1.807) is 12.1 Å². The van der Waals surface area contributed by atoms with Crippen LogP contribution in [-0.4, -0.2) is 40.7 Å². The number of carboxylic acid groups (broad SMARTS) is 1. The first-order valence-corrected chi connectivity index (χ1v) is 11.4. The summed E-state index contributed by atoms with van der Waals surface area (Å²) in [6, 6.07) is 20.2. The summed E-state index contributed by atoms with van der Waals surface area (Å²) >= 11 is 0. The van der Waals surface area contributed by atoms with Gasteiger partial charge in [0.2, 0.25) is 0 Å². The van der Waals surface area contributed by atoms with Gasteiger partial charge in [0, 0.05) is 12.0 Å². The lowest BCUT2D eigenvalue weighted by atomic mass is 9.98. The molecule has 35 heavy (non-hydrogen) atoms. The predicted molar refractivity (Wildman–Crippen MR) is 131 cm³/mol. The van der Waals surface area contributed by atoms with Gasteiger partial charge in [0.25, 0.3) is 5.91 Å². The van der Waals surface area contributed by atoms with Crippen molar-refractivity contribution in [2.75, 3.05) is 11.9 Å². The molecule has 0 aliphatic heterocycles. The number of carboxylic acids is 1. The lowest BCUT2D eigenvalue weighted by Gasteiger charge is -2.20. The fourth-order valence-electron chi connectivity index (χ4n) is 4.25. The van der Waals surface area contributed by atoms with Gasteiger partial charge < -0.3 is 15.2 Å². The fourth-order valence-corrected chi connectivity index (χ4v) is 4.25. The average Bonchev–Trinajstić information content (AvgIpc) is 3.16. The molecule has 3 N–H and O–H groups in total.